The Morgan fingerprint density at radius 3 is 2.43 bits per heavy atom. The van der Waals surface area contributed by atoms with E-state index in [9.17, 15) is 0 Å². The van der Waals surface area contributed by atoms with Crippen LogP contribution in [0.4, 0.5) is 0 Å². The second-order valence-corrected chi connectivity index (χ2v) is 7.33. The lowest BCUT2D eigenvalue weighted by molar-refractivity contribution is 0.351. The third-order valence-corrected chi connectivity index (χ3v) is 3.99. The molecule has 0 aliphatic heterocycles. The van der Waals surface area contributed by atoms with Gasteiger partial charge in [0, 0.05) is 5.39 Å². The van der Waals surface area contributed by atoms with Crippen molar-refractivity contribution in [1.29, 1.82) is 0 Å². The Kier molecular flexibility index (Phi) is 4.77. The van der Waals surface area contributed by atoms with Crippen molar-refractivity contribution in [1.82, 2.24) is 5.32 Å². The molecule has 0 aliphatic carbocycles. The van der Waals surface area contributed by atoms with Crippen LogP contribution in [0.25, 0.3) is 11.0 Å². The number of rotatable bonds is 5. The number of benzene rings is 1. The summed E-state index contributed by atoms with van der Waals surface area (Å²) >= 11 is 0. The third-order valence-electron chi connectivity index (χ3n) is 3.99. The van der Waals surface area contributed by atoms with E-state index in [2.05, 4.69) is 71.1 Å². The molecule has 1 unspecified atom stereocenters. The Balaban J connectivity index is 2.37. The van der Waals surface area contributed by atoms with Crippen molar-refractivity contribution in [3.63, 3.8) is 0 Å². The van der Waals surface area contributed by atoms with Crippen molar-refractivity contribution < 1.29 is 4.42 Å². The summed E-state index contributed by atoms with van der Waals surface area (Å²) in [6, 6.07) is 9.04. The Morgan fingerprint density at radius 1 is 1.14 bits per heavy atom. The fourth-order valence-corrected chi connectivity index (χ4v) is 2.65. The molecule has 2 rings (SSSR count). The predicted molar refractivity (Wildman–Crippen MR) is 90.8 cm³/mol. The zero-order valence-corrected chi connectivity index (χ0v) is 14.3. The highest BCUT2D eigenvalue weighted by Gasteiger charge is 2.20. The molecular weight excluding hydrogens is 258 g/mol. The molecule has 1 aromatic heterocycles. The smallest absolute Gasteiger partial charge is 0.134 e. The fraction of sp³-hybridized carbons (Fsp3) is 0.579. The second kappa shape index (κ2) is 6.23. The van der Waals surface area contributed by atoms with Crippen LogP contribution in [-0.4, -0.2) is 6.54 Å². The van der Waals surface area contributed by atoms with E-state index >= 15 is 0 Å². The molecule has 1 atom stereocenters. The molecule has 0 amide bonds. The van der Waals surface area contributed by atoms with Crippen LogP contribution < -0.4 is 5.32 Å². The van der Waals surface area contributed by atoms with Crippen molar-refractivity contribution in [2.45, 2.75) is 59.4 Å². The first-order chi connectivity index (χ1) is 9.82. The lowest BCUT2D eigenvalue weighted by atomic mass is 9.86. The van der Waals surface area contributed by atoms with Gasteiger partial charge in [-0.1, -0.05) is 47.6 Å². The van der Waals surface area contributed by atoms with Gasteiger partial charge in [-0.15, -0.1) is 0 Å². The van der Waals surface area contributed by atoms with Crippen molar-refractivity contribution in [2.24, 2.45) is 5.92 Å². The van der Waals surface area contributed by atoms with Gasteiger partial charge < -0.3 is 9.73 Å². The van der Waals surface area contributed by atoms with E-state index in [1.165, 1.54) is 10.9 Å². The van der Waals surface area contributed by atoms with Crippen LogP contribution in [0.2, 0.25) is 0 Å². The fourth-order valence-electron chi connectivity index (χ4n) is 2.65. The summed E-state index contributed by atoms with van der Waals surface area (Å²) in [6.45, 7) is 14.4. The SMILES string of the molecule is CCCNC(c1cc2cc(C(C)(C)C)ccc2o1)C(C)C. The molecule has 2 aromatic rings. The van der Waals surface area contributed by atoms with Gasteiger partial charge in [0.25, 0.3) is 0 Å². The molecule has 2 nitrogen and oxygen atoms in total. The Morgan fingerprint density at radius 2 is 1.86 bits per heavy atom. The number of furan rings is 1. The first-order valence-corrected chi connectivity index (χ1v) is 8.10. The minimum absolute atomic E-state index is 0.170. The standard InChI is InChI=1S/C19H29NO/c1-7-10-20-18(13(2)3)17-12-14-11-15(19(4,5)6)8-9-16(14)21-17/h8-9,11-13,18,20H,7,10H2,1-6H3. The first-order valence-electron chi connectivity index (χ1n) is 8.10. The maximum Gasteiger partial charge on any atom is 0.134 e. The van der Waals surface area contributed by atoms with Gasteiger partial charge in [-0.2, -0.15) is 0 Å². The van der Waals surface area contributed by atoms with E-state index in [1.54, 1.807) is 0 Å². The van der Waals surface area contributed by atoms with Crippen molar-refractivity contribution in [2.75, 3.05) is 6.54 Å². The van der Waals surface area contributed by atoms with E-state index in [0.717, 1.165) is 24.3 Å². The Bertz CT molecular complexity index is 589. The summed E-state index contributed by atoms with van der Waals surface area (Å²) in [5.41, 5.74) is 2.51. The van der Waals surface area contributed by atoms with Crippen LogP contribution in [0.3, 0.4) is 0 Å². The van der Waals surface area contributed by atoms with Crippen LogP contribution in [0.1, 0.15) is 65.3 Å². The van der Waals surface area contributed by atoms with E-state index in [4.69, 9.17) is 4.42 Å². The molecule has 1 N–H and O–H groups in total. The molecule has 0 bridgehead atoms. The lowest BCUT2D eigenvalue weighted by Gasteiger charge is -2.19. The van der Waals surface area contributed by atoms with Crippen molar-refractivity contribution in [3.8, 4) is 0 Å². The molecule has 0 spiro atoms. The minimum Gasteiger partial charge on any atom is -0.459 e. The molecule has 0 radical (unpaired) electrons. The van der Waals surface area contributed by atoms with Crippen molar-refractivity contribution >= 4 is 11.0 Å². The van der Waals surface area contributed by atoms with E-state index in [1.807, 2.05) is 0 Å². The quantitative estimate of drug-likeness (QED) is 0.793. The molecule has 21 heavy (non-hydrogen) atoms. The zero-order chi connectivity index (χ0) is 15.6. The Hall–Kier alpha value is -1.28. The van der Waals surface area contributed by atoms with Crippen LogP contribution in [0.5, 0.6) is 0 Å². The number of hydrogen-bond acceptors (Lipinski definition) is 2. The average Bonchev–Trinajstić information content (AvgIpc) is 2.80. The van der Waals surface area contributed by atoms with Gasteiger partial charge in [0.1, 0.15) is 11.3 Å². The van der Waals surface area contributed by atoms with Crippen LogP contribution >= 0.6 is 0 Å². The molecule has 0 saturated heterocycles. The largest absolute Gasteiger partial charge is 0.459 e. The number of fused-ring (bicyclic) bond motifs is 1. The topological polar surface area (TPSA) is 25.2 Å². The maximum absolute atomic E-state index is 6.09. The minimum atomic E-state index is 0.170. The highest BCUT2D eigenvalue weighted by atomic mass is 16.3. The summed E-state index contributed by atoms with van der Waals surface area (Å²) in [5.74, 6) is 1.57. The monoisotopic (exact) mass is 287 g/mol. The summed E-state index contributed by atoms with van der Waals surface area (Å²) in [5, 5.41) is 4.81. The van der Waals surface area contributed by atoms with E-state index in [0.29, 0.717) is 5.92 Å². The second-order valence-electron chi connectivity index (χ2n) is 7.33. The molecular formula is C19H29NO. The van der Waals surface area contributed by atoms with Gasteiger partial charge in [0.2, 0.25) is 0 Å². The van der Waals surface area contributed by atoms with Crippen LogP contribution in [-0.2, 0) is 5.41 Å². The highest BCUT2D eigenvalue weighted by molar-refractivity contribution is 5.79. The van der Waals surface area contributed by atoms with E-state index < -0.39 is 0 Å². The van der Waals surface area contributed by atoms with Gasteiger partial charge in [-0.05, 0) is 48.1 Å². The molecule has 2 heteroatoms. The molecule has 1 aromatic carbocycles. The number of hydrogen-bond donors (Lipinski definition) is 1. The third kappa shape index (κ3) is 3.68. The first kappa shape index (κ1) is 16.1. The van der Waals surface area contributed by atoms with Gasteiger partial charge in [-0.25, -0.2) is 0 Å². The van der Waals surface area contributed by atoms with E-state index in [-0.39, 0.29) is 11.5 Å². The molecule has 0 aliphatic rings. The van der Waals surface area contributed by atoms with Gasteiger partial charge in [0.05, 0.1) is 6.04 Å². The van der Waals surface area contributed by atoms with Gasteiger partial charge in [-0.3, -0.25) is 0 Å². The van der Waals surface area contributed by atoms with Gasteiger partial charge in [0.15, 0.2) is 0 Å². The van der Waals surface area contributed by atoms with Gasteiger partial charge >= 0.3 is 0 Å². The summed E-state index contributed by atoms with van der Waals surface area (Å²) in [4.78, 5) is 0. The summed E-state index contributed by atoms with van der Waals surface area (Å²) in [6.07, 6.45) is 1.14. The average molecular weight is 287 g/mol. The van der Waals surface area contributed by atoms with Crippen molar-refractivity contribution in [3.05, 3.63) is 35.6 Å². The summed E-state index contributed by atoms with van der Waals surface area (Å²) in [7, 11) is 0. The molecule has 1 heterocycles. The highest BCUT2D eigenvalue weighted by Crippen LogP contribution is 2.31. The molecule has 116 valence electrons. The Labute approximate surface area is 128 Å². The van der Waals surface area contributed by atoms with Crippen LogP contribution in [0, 0.1) is 5.92 Å². The summed E-state index contributed by atoms with van der Waals surface area (Å²) < 4.78 is 6.09. The molecule has 0 fully saturated rings. The lowest BCUT2D eigenvalue weighted by Crippen LogP contribution is -2.25. The zero-order valence-electron chi connectivity index (χ0n) is 14.3. The number of nitrogens with one attached hydrogen (secondary N) is 1. The molecule has 0 saturated carbocycles. The normalized spacial score (nSPS) is 14.0. The maximum atomic E-state index is 6.09. The predicted octanol–water partition coefficient (Wildman–Crippen LogP) is 5.43. The van der Waals surface area contributed by atoms with Crippen LogP contribution in [0.15, 0.2) is 28.7 Å².